The molecule has 0 saturated carbocycles. The number of nitrogens with zero attached hydrogens (tertiary/aromatic N) is 1. The van der Waals surface area contributed by atoms with Crippen molar-refractivity contribution >= 4 is 11.8 Å². The maximum Gasteiger partial charge on any atom is 0.119 e. The fraction of sp³-hybridized carbons (Fsp3) is 0.267. The molecule has 0 bridgehead atoms. The third kappa shape index (κ3) is 3.72. The van der Waals surface area contributed by atoms with E-state index in [0.29, 0.717) is 6.04 Å². The summed E-state index contributed by atoms with van der Waals surface area (Å²) in [4.78, 5) is 5.53. The summed E-state index contributed by atoms with van der Waals surface area (Å²) in [6.07, 6.45) is 1.85. The van der Waals surface area contributed by atoms with Gasteiger partial charge in [-0.25, -0.2) is 4.98 Å². The van der Waals surface area contributed by atoms with Crippen molar-refractivity contribution in [2.45, 2.75) is 22.9 Å². The SMILES string of the molecule is CNC(C)c1ccnc(Sc2cccc(OC)c2)c1. The number of hydrogen-bond donors (Lipinski definition) is 1. The van der Waals surface area contributed by atoms with Crippen LogP contribution in [0.4, 0.5) is 0 Å². The molecule has 1 heterocycles. The van der Waals surface area contributed by atoms with Gasteiger partial charge in [0.1, 0.15) is 10.8 Å². The highest BCUT2D eigenvalue weighted by atomic mass is 32.2. The van der Waals surface area contributed by atoms with Crippen molar-refractivity contribution in [3.63, 3.8) is 0 Å². The van der Waals surface area contributed by atoms with E-state index in [1.165, 1.54) is 5.56 Å². The van der Waals surface area contributed by atoms with Crippen LogP contribution in [0.5, 0.6) is 5.75 Å². The second-order valence-corrected chi connectivity index (χ2v) is 5.31. The van der Waals surface area contributed by atoms with Crippen molar-refractivity contribution in [1.29, 1.82) is 0 Å². The van der Waals surface area contributed by atoms with Gasteiger partial charge in [0.05, 0.1) is 7.11 Å². The molecule has 1 unspecified atom stereocenters. The number of hydrogen-bond acceptors (Lipinski definition) is 4. The predicted octanol–water partition coefficient (Wildman–Crippen LogP) is 3.52. The van der Waals surface area contributed by atoms with Gasteiger partial charge in [-0.1, -0.05) is 17.8 Å². The first kappa shape index (κ1) is 13.9. The third-order valence-corrected chi connectivity index (χ3v) is 3.88. The molecule has 1 aromatic heterocycles. The molecule has 4 heteroatoms. The second-order valence-electron chi connectivity index (χ2n) is 4.22. The quantitative estimate of drug-likeness (QED) is 0.904. The number of aromatic nitrogens is 1. The number of ether oxygens (including phenoxy) is 1. The lowest BCUT2D eigenvalue weighted by Crippen LogP contribution is -2.12. The molecule has 0 spiro atoms. The van der Waals surface area contributed by atoms with E-state index in [4.69, 9.17) is 4.74 Å². The summed E-state index contributed by atoms with van der Waals surface area (Å²) < 4.78 is 5.23. The average Bonchev–Trinajstić information content (AvgIpc) is 2.47. The summed E-state index contributed by atoms with van der Waals surface area (Å²) in [5, 5.41) is 4.23. The van der Waals surface area contributed by atoms with Crippen molar-refractivity contribution in [1.82, 2.24) is 10.3 Å². The van der Waals surface area contributed by atoms with Gasteiger partial charge in [0.2, 0.25) is 0 Å². The molecule has 0 amide bonds. The number of pyridine rings is 1. The maximum absolute atomic E-state index is 5.23. The van der Waals surface area contributed by atoms with Gasteiger partial charge in [0.15, 0.2) is 0 Å². The first-order valence-electron chi connectivity index (χ1n) is 6.18. The molecule has 3 nitrogen and oxygen atoms in total. The molecule has 19 heavy (non-hydrogen) atoms. The molecule has 0 aliphatic rings. The van der Waals surface area contributed by atoms with Crippen LogP contribution in [0.3, 0.4) is 0 Å². The monoisotopic (exact) mass is 274 g/mol. The highest BCUT2D eigenvalue weighted by Crippen LogP contribution is 2.29. The van der Waals surface area contributed by atoms with Crippen LogP contribution in [0.25, 0.3) is 0 Å². The molecule has 0 radical (unpaired) electrons. The van der Waals surface area contributed by atoms with E-state index in [1.54, 1.807) is 18.9 Å². The van der Waals surface area contributed by atoms with Crippen molar-refractivity contribution < 1.29 is 4.74 Å². The Labute approximate surface area is 118 Å². The van der Waals surface area contributed by atoms with Gasteiger partial charge in [0.25, 0.3) is 0 Å². The van der Waals surface area contributed by atoms with E-state index in [2.05, 4.69) is 29.4 Å². The predicted molar refractivity (Wildman–Crippen MR) is 78.8 cm³/mol. The highest BCUT2D eigenvalue weighted by Gasteiger charge is 2.05. The Morgan fingerprint density at radius 3 is 2.84 bits per heavy atom. The smallest absolute Gasteiger partial charge is 0.119 e. The van der Waals surface area contributed by atoms with Gasteiger partial charge in [-0.2, -0.15) is 0 Å². The molecule has 2 aromatic rings. The van der Waals surface area contributed by atoms with Crippen LogP contribution in [0.2, 0.25) is 0 Å². The van der Waals surface area contributed by atoms with Crippen LogP contribution in [0.15, 0.2) is 52.5 Å². The zero-order valence-electron chi connectivity index (χ0n) is 11.4. The second kappa shape index (κ2) is 6.59. The lowest BCUT2D eigenvalue weighted by atomic mass is 10.1. The van der Waals surface area contributed by atoms with Crippen LogP contribution < -0.4 is 10.1 Å². The molecule has 0 aliphatic carbocycles. The van der Waals surface area contributed by atoms with E-state index < -0.39 is 0 Å². The number of methoxy groups -OCH3 is 1. The van der Waals surface area contributed by atoms with Gasteiger partial charge in [-0.15, -0.1) is 0 Å². The molecular formula is C15H18N2OS. The lowest BCUT2D eigenvalue weighted by Gasteiger charge is -2.11. The summed E-state index contributed by atoms with van der Waals surface area (Å²) in [7, 11) is 3.64. The summed E-state index contributed by atoms with van der Waals surface area (Å²) >= 11 is 1.64. The molecule has 0 aliphatic heterocycles. The number of nitrogens with one attached hydrogen (secondary N) is 1. The molecule has 2 rings (SSSR count). The van der Waals surface area contributed by atoms with Crippen LogP contribution in [-0.4, -0.2) is 19.1 Å². The Bertz CT molecular complexity index is 545. The topological polar surface area (TPSA) is 34.2 Å². The fourth-order valence-electron chi connectivity index (χ4n) is 1.70. The largest absolute Gasteiger partial charge is 0.497 e. The van der Waals surface area contributed by atoms with Crippen LogP contribution in [0, 0.1) is 0 Å². The Balaban J connectivity index is 2.18. The van der Waals surface area contributed by atoms with Crippen molar-refractivity contribution in [2.75, 3.05) is 14.2 Å². The van der Waals surface area contributed by atoms with Crippen molar-refractivity contribution in [3.8, 4) is 5.75 Å². The Kier molecular flexibility index (Phi) is 4.82. The minimum atomic E-state index is 0.327. The van der Waals surface area contributed by atoms with Crippen molar-refractivity contribution in [3.05, 3.63) is 48.2 Å². The van der Waals surface area contributed by atoms with Gasteiger partial charge < -0.3 is 10.1 Å². The van der Waals surface area contributed by atoms with E-state index in [1.807, 2.05) is 37.5 Å². The van der Waals surface area contributed by atoms with Crippen molar-refractivity contribution in [2.24, 2.45) is 0 Å². The van der Waals surface area contributed by atoms with E-state index in [0.717, 1.165) is 15.7 Å². The Morgan fingerprint density at radius 2 is 2.11 bits per heavy atom. The molecule has 100 valence electrons. The standard InChI is InChI=1S/C15H18N2OS/c1-11(16-2)12-7-8-17-15(9-12)19-14-6-4-5-13(10-14)18-3/h4-11,16H,1-3H3. The third-order valence-electron chi connectivity index (χ3n) is 2.96. The van der Waals surface area contributed by atoms with Crippen LogP contribution in [0.1, 0.15) is 18.5 Å². The maximum atomic E-state index is 5.23. The molecule has 0 saturated heterocycles. The number of benzene rings is 1. The van der Waals surface area contributed by atoms with Gasteiger partial charge in [-0.05, 0) is 49.9 Å². The molecule has 1 N–H and O–H groups in total. The summed E-state index contributed by atoms with van der Waals surface area (Å²) in [5.41, 5.74) is 1.24. The molecular weight excluding hydrogens is 256 g/mol. The zero-order valence-corrected chi connectivity index (χ0v) is 12.2. The summed E-state index contributed by atoms with van der Waals surface area (Å²) in [6.45, 7) is 2.13. The lowest BCUT2D eigenvalue weighted by molar-refractivity contribution is 0.413. The van der Waals surface area contributed by atoms with E-state index in [9.17, 15) is 0 Å². The first-order valence-corrected chi connectivity index (χ1v) is 6.99. The number of rotatable bonds is 5. The van der Waals surface area contributed by atoms with Gasteiger partial charge >= 0.3 is 0 Å². The van der Waals surface area contributed by atoms with Crippen LogP contribution >= 0.6 is 11.8 Å². The highest BCUT2D eigenvalue weighted by molar-refractivity contribution is 7.99. The zero-order chi connectivity index (χ0) is 13.7. The summed E-state index contributed by atoms with van der Waals surface area (Å²) in [5.74, 6) is 0.866. The molecule has 1 atom stereocenters. The van der Waals surface area contributed by atoms with Crippen LogP contribution in [-0.2, 0) is 0 Å². The Morgan fingerprint density at radius 1 is 1.26 bits per heavy atom. The minimum Gasteiger partial charge on any atom is -0.497 e. The molecule has 1 aromatic carbocycles. The minimum absolute atomic E-state index is 0.327. The average molecular weight is 274 g/mol. The first-order chi connectivity index (χ1) is 9.22. The van der Waals surface area contributed by atoms with Gasteiger partial charge in [0, 0.05) is 17.1 Å². The fourth-order valence-corrected chi connectivity index (χ4v) is 2.57. The Hall–Kier alpha value is -1.52. The van der Waals surface area contributed by atoms with Gasteiger partial charge in [-0.3, -0.25) is 0 Å². The summed E-state index contributed by atoms with van der Waals surface area (Å²) in [6, 6.07) is 12.5. The molecule has 0 fully saturated rings. The normalized spacial score (nSPS) is 12.2. The van der Waals surface area contributed by atoms with E-state index in [-0.39, 0.29) is 0 Å². The van der Waals surface area contributed by atoms with E-state index >= 15 is 0 Å².